The van der Waals surface area contributed by atoms with Crippen LogP contribution in [0.5, 0.6) is 0 Å². The van der Waals surface area contributed by atoms with Crippen molar-refractivity contribution in [2.75, 3.05) is 13.2 Å². The van der Waals surface area contributed by atoms with Crippen LogP contribution in [0.2, 0.25) is 0 Å². The summed E-state index contributed by atoms with van der Waals surface area (Å²) in [6.45, 7) is 3.42. The van der Waals surface area contributed by atoms with E-state index in [1.807, 2.05) is 0 Å². The van der Waals surface area contributed by atoms with Gasteiger partial charge in [0.15, 0.2) is 0 Å². The minimum Gasteiger partial charge on any atom is -0.395 e. The Hall–Kier alpha value is -0.980. The Morgan fingerprint density at radius 3 is 2.45 bits per heavy atom. The lowest BCUT2D eigenvalue weighted by Crippen LogP contribution is -2.45. The van der Waals surface area contributed by atoms with Gasteiger partial charge in [0.1, 0.15) is 5.82 Å². The summed E-state index contributed by atoms with van der Waals surface area (Å²) in [7, 11) is -3.69. The largest absolute Gasteiger partial charge is 0.395 e. The number of hydrogen-bond donors (Lipinski definition) is 1. The number of rotatable bonds is 3. The third kappa shape index (κ3) is 2.73. The molecule has 0 spiro atoms. The third-order valence-corrected chi connectivity index (χ3v) is 6.03. The van der Waals surface area contributed by atoms with E-state index < -0.39 is 15.8 Å². The molecule has 1 N–H and O–H groups in total. The zero-order valence-corrected chi connectivity index (χ0v) is 12.6. The normalized spacial score (nSPS) is 21.1. The fourth-order valence-electron chi connectivity index (χ4n) is 2.89. The van der Waals surface area contributed by atoms with Crippen LogP contribution >= 0.6 is 0 Å². The number of aliphatic hydroxyl groups is 1. The second kappa shape index (κ2) is 5.79. The molecule has 4 nitrogen and oxygen atoms in total. The highest BCUT2D eigenvalue weighted by Gasteiger charge is 2.34. The topological polar surface area (TPSA) is 57.6 Å². The minimum absolute atomic E-state index is 0.166. The van der Waals surface area contributed by atoms with Gasteiger partial charge in [-0.25, -0.2) is 12.8 Å². The molecule has 1 heterocycles. The fraction of sp³-hybridized carbons (Fsp3) is 0.571. The first kappa shape index (κ1) is 15.4. The molecule has 1 fully saturated rings. The van der Waals surface area contributed by atoms with Crippen molar-refractivity contribution in [3.05, 3.63) is 29.1 Å². The van der Waals surface area contributed by atoms with Gasteiger partial charge in [-0.2, -0.15) is 4.31 Å². The van der Waals surface area contributed by atoms with E-state index in [-0.39, 0.29) is 17.5 Å². The summed E-state index contributed by atoms with van der Waals surface area (Å²) in [6, 6.07) is 2.09. The molecule has 1 aliphatic heterocycles. The van der Waals surface area contributed by atoms with Gasteiger partial charge in [-0.15, -0.1) is 0 Å². The Morgan fingerprint density at radius 2 is 1.90 bits per heavy atom. The standard InChI is InChI=1S/C14H20FNO3S/c1-10-7-12(15)8-11(2)14(10)20(18,19)16-6-4-3-5-13(16)9-17/h7-8,13,17H,3-6,9H2,1-2H3. The van der Waals surface area contributed by atoms with Crippen molar-refractivity contribution < 1.29 is 17.9 Å². The Bertz CT molecular complexity index is 577. The molecular weight excluding hydrogens is 281 g/mol. The van der Waals surface area contributed by atoms with E-state index in [0.717, 1.165) is 12.8 Å². The molecular formula is C14H20FNO3S. The summed E-state index contributed by atoms with van der Waals surface area (Å²) < 4.78 is 40.3. The second-order valence-corrected chi connectivity index (χ2v) is 7.14. The second-order valence-electron chi connectivity index (χ2n) is 5.32. The van der Waals surface area contributed by atoms with Crippen LogP contribution in [-0.4, -0.2) is 37.0 Å². The highest BCUT2D eigenvalue weighted by Crippen LogP contribution is 2.29. The van der Waals surface area contributed by atoms with Crippen molar-refractivity contribution in [3.8, 4) is 0 Å². The van der Waals surface area contributed by atoms with E-state index in [2.05, 4.69) is 0 Å². The van der Waals surface area contributed by atoms with Gasteiger partial charge in [-0.1, -0.05) is 6.42 Å². The number of aliphatic hydroxyl groups excluding tert-OH is 1. The lowest BCUT2D eigenvalue weighted by atomic mass is 10.1. The molecule has 0 radical (unpaired) electrons. The van der Waals surface area contributed by atoms with Gasteiger partial charge < -0.3 is 5.11 Å². The highest BCUT2D eigenvalue weighted by atomic mass is 32.2. The Kier molecular flexibility index (Phi) is 4.46. The van der Waals surface area contributed by atoms with Crippen molar-refractivity contribution in [2.24, 2.45) is 0 Å². The molecule has 1 saturated heterocycles. The SMILES string of the molecule is Cc1cc(F)cc(C)c1S(=O)(=O)N1CCCCC1CO. The van der Waals surface area contributed by atoms with Crippen LogP contribution in [-0.2, 0) is 10.0 Å². The van der Waals surface area contributed by atoms with Crippen LogP contribution in [0.25, 0.3) is 0 Å². The monoisotopic (exact) mass is 301 g/mol. The Balaban J connectivity index is 2.49. The number of halogens is 1. The predicted octanol–water partition coefficient (Wildman–Crippen LogP) is 1.98. The summed E-state index contributed by atoms with van der Waals surface area (Å²) >= 11 is 0. The number of piperidine rings is 1. The fourth-order valence-corrected chi connectivity index (χ4v) is 4.99. The van der Waals surface area contributed by atoms with Crippen molar-refractivity contribution in [3.63, 3.8) is 0 Å². The molecule has 1 atom stereocenters. The van der Waals surface area contributed by atoms with Crippen molar-refractivity contribution >= 4 is 10.0 Å². The smallest absolute Gasteiger partial charge is 0.243 e. The van der Waals surface area contributed by atoms with Crippen LogP contribution < -0.4 is 0 Å². The number of nitrogens with zero attached hydrogens (tertiary/aromatic N) is 1. The molecule has 1 aromatic carbocycles. The number of hydrogen-bond acceptors (Lipinski definition) is 3. The van der Waals surface area contributed by atoms with Gasteiger partial charge in [-0.05, 0) is 49.9 Å². The number of aryl methyl sites for hydroxylation is 2. The van der Waals surface area contributed by atoms with Crippen molar-refractivity contribution in [1.82, 2.24) is 4.31 Å². The first-order valence-corrected chi connectivity index (χ1v) is 8.21. The Labute approximate surface area is 119 Å². The average Bonchev–Trinajstić information content (AvgIpc) is 2.37. The van der Waals surface area contributed by atoms with Crippen LogP contribution in [0.3, 0.4) is 0 Å². The summed E-state index contributed by atoms with van der Waals surface area (Å²) in [5.74, 6) is -0.434. The maximum Gasteiger partial charge on any atom is 0.243 e. The molecule has 20 heavy (non-hydrogen) atoms. The first-order chi connectivity index (χ1) is 9.37. The van der Waals surface area contributed by atoms with Gasteiger partial charge in [0.2, 0.25) is 10.0 Å². The lowest BCUT2D eigenvalue weighted by Gasteiger charge is -2.34. The summed E-state index contributed by atoms with van der Waals surface area (Å²) in [5, 5.41) is 9.39. The van der Waals surface area contributed by atoms with Gasteiger partial charge >= 0.3 is 0 Å². The molecule has 0 amide bonds. The third-order valence-electron chi connectivity index (χ3n) is 3.78. The van der Waals surface area contributed by atoms with Crippen LogP contribution in [0, 0.1) is 19.7 Å². The predicted molar refractivity (Wildman–Crippen MR) is 74.5 cm³/mol. The van der Waals surface area contributed by atoms with E-state index in [1.54, 1.807) is 13.8 Å². The van der Waals surface area contributed by atoms with Crippen LogP contribution in [0.4, 0.5) is 4.39 Å². The molecule has 0 aliphatic carbocycles. The summed E-state index contributed by atoms with van der Waals surface area (Å²) in [6.07, 6.45) is 2.36. The molecule has 1 unspecified atom stereocenters. The highest BCUT2D eigenvalue weighted by molar-refractivity contribution is 7.89. The van der Waals surface area contributed by atoms with E-state index in [9.17, 15) is 17.9 Å². The van der Waals surface area contributed by atoms with Gasteiger partial charge in [0, 0.05) is 12.6 Å². The first-order valence-electron chi connectivity index (χ1n) is 6.77. The summed E-state index contributed by atoms with van der Waals surface area (Å²) in [4.78, 5) is 0.166. The minimum atomic E-state index is -3.69. The number of benzene rings is 1. The van der Waals surface area contributed by atoms with Crippen LogP contribution in [0.1, 0.15) is 30.4 Å². The zero-order chi connectivity index (χ0) is 14.9. The van der Waals surface area contributed by atoms with E-state index in [1.165, 1.54) is 16.4 Å². The zero-order valence-electron chi connectivity index (χ0n) is 11.8. The molecule has 112 valence electrons. The Morgan fingerprint density at radius 1 is 1.30 bits per heavy atom. The maximum atomic E-state index is 13.3. The quantitative estimate of drug-likeness (QED) is 0.928. The molecule has 6 heteroatoms. The maximum absolute atomic E-state index is 13.3. The molecule has 2 rings (SSSR count). The van der Waals surface area contributed by atoms with E-state index in [4.69, 9.17) is 0 Å². The van der Waals surface area contributed by atoms with Gasteiger partial charge in [-0.3, -0.25) is 0 Å². The van der Waals surface area contributed by atoms with Gasteiger partial charge in [0.05, 0.1) is 11.5 Å². The summed E-state index contributed by atoms with van der Waals surface area (Å²) in [5.41, 5.74) is 0.814. The van der Waals surface area contributed by atoms with E-state index in [0.29, 0.717) is 24.1 Å². The van der Waals surface area contributed by atoms with Crippen molar-refractivity contribution in [1.29, 1.82) is 0 Å². The molecule has 0 saturated carbocycles. The van der Waals surface area contributed by atoms with Gasteiger partial charge in [0.25, 0.3) is 0 Å². The number of sulfonamides is 1. The van der Waals surface area contributed by atoms with E-state index >= 15 is 0 Å². The molecule has 0 aromatic heterocycles. The molecule has 1 aromatic rings. The molecule has 0 bridgehead atoms. The van der Waals surface area contributed by atoms with Crippen LogP contribution in [0.15, 0.2) is 17.0 Å². The van der Waals surface area contributed by atoms with Crippen molar-refractivity contribution in [2.45, 2.75) is 44.0 Å². The lowest BCUT2D eigenvalue weighted by molar-refractivity contribution is 0.155. The average molecular weight is 301 g/mol. The molecule has 1 aliphatic rings.